The normalized spacial score (nSPS) is 11.2. The van der Waals surface area contributed by atoms with Crippen LogP contribution in [0.5, 0.6) is 0 Å². The Hall–Kier alpha value is -6.56. The molecule has 2 heteroatoms. The van der Waals surface area contributed by atoms with Crippen molar-refractivity contribution in [2.45, 2.75) is 0 Å². The summed E-state index contributed by atoms with van der Waals surface area (Å²) in [5.74, 6) is 0. The summed E-state index contributed by atoms with van der Waals surface area (Å²) in [6.45, 7) is 0. The second-order valence-corrected chi connectivity index (χ2v) is 12.1. The van der Waals surface area contributed by atoms with Crippen LogP contribution in [-0.2, 0) is 0 Å². The van der Waals surface area contributed by atoms with Gasteiger partial charge in [0.25, 0.3) is 0 Å². The van der Waals surface area contributed by atoms with Crippen LogP contribution < -0.4 is 4.90 Å². The molecule has 9 rings (SSSR count). The molecule has 0 bridgehead atoms. The molecule has 0 atom stereocenters. The first-order chi connectivity index (χ1) is 23.8. The monoisotopic (exact) mass is 610 g/mol. The topological polar surface area (TPSA) is 8.17 Å². The highest BCUT2D eigenvalue weighted by Gasteiger charge is 2.15. The van der Waals surface area contributed by atoms with Crippen LogP contribution in [0, 0.1) is 12.1 Å². The highest BCUT2D eigenvalue weighted by molar-refractivity contribution is 6.09. The lowest BCUT2D eigenvalue weighted by Gasteiger charge is -2.26. The van der Waals surface area contributed by atoms with Gasteiger partial charge in [-0.15, -0.1) is 0 Å². The zero-order valence-electron chi connectivity index (χ0n) is 26.2. The Kier molecular flexibility index (Phi) is 6.74. The molecule has 224 valence electrons. The highest BCUT2D eigenvalue weighted by atomic mass is 15.1. The van der Waals surface area contributed by atoms with Crippen molar-refractivity contribution in [3.8, 4) is 27.9 Å². The predicted octanol–water partition coefficient (Wildman–Crippen LogP) is 12.3. The summed E-state index contributed by atoms with van der Waals surface area (Å²) in [6, 6.07) is 71.3. The van der Waals surface area contributed by atoms with Crippen LogP contribution in [0.1, 0.15) is 0 Å². The van der Waals surface area contributed by atoms with E-state index in [1.54, 1.807) is 0 Å². The minimum Gasteiger partial charge on any atom is -0.311 e. The summed E-state index contributed by atoms with van der Waals surface area (Å²) in [7, 11) is 0. The molecule has 0 spiro atoms. The minimum absolute atomic E-state index is 1.07. The van der Waals surface area contributed by atoms with Crippen LogP contribution in [0.3, 0.4) is 0 Å². The number of anilines is 3. The van der Waals surface area contributed by atoms with Crippen molar-refractivity contribution in [2.24, 2.45) is 0 Å². The molecule has 8 aromatic carbocycles. The van der Waals surface area contributed by atoms with Crippen LogP contribution in [0.4, 0.5) is 17.1 Å². The lowest BCUT2D eigenvalue weighted by molar-refractivity contribution is 1.18. The van der Waals surface area contributed by atoms with E-state index in [1.807, 2.05) is 6.07 Å². The summed E-state index contributed by atoms with van der Waals surface area (Å²) < 4.78 is 2.37. The van der Waals surface area contributed by atoms with E-state index < -0.39 is 0 Å². The first-order valence-corrected chi connectivity index (χ1v) is 16.3. The average molecular weight is 611 g/mol. The van der Waals surface area contributed by atoms with Gasteiger partial charge >= 0.3 is 0 Å². The maximum absolute atomic E-state index is 3.35. The number of fused-ring (bicyclic) bond motifs is 4. The molecule has 0 fully saturated rings. The van der Waals surface area contributed by atoms with Gasteiger partial charge in [0.2, 0.25) is 0 Å². The zero-order valence-corrected chi connectivity index (χ0v) is 26.2. The van der Waals surface area contributed by atoms with Gasteiger partial charge in [-0.25, -0.2) is 0 Å². The first-order valence-electron chi connectivity index (χ1n) is 16.3. The third-order valence-corrected chi connectivity index (χ3v) is 9.23. The Balaban J connectivity index is 1.08. The van der Waals surface area contributed by atoms with Gasteiger partial charge in [-0.3, -0.25) is 0 Å². The number of aromatic nitrogens is 1. The Labute approximate surface area is 280 Å². The van der Waals surface area contributed by atoms with Gasteiger partial charge in [-0.2, -0.15) is 0 Å². The number of hydrogen-bond donors (Lipinski definition) is 0. The van der Waals surface area contributed by atoms with Gasteiger partial charge in [0, 0.05) is 39.1 Å². The summed E-state index contributed by atoms with van der Waals surface area (Å²) in [5, 5.41) is 4.89. The van der Waals surface area contributed by atoms with Crippen molar-refractivity contribution < 1.29 is 0 Å². The minimum atomic E-state index is 1.07. The zero-order chi connectivity index (χ0) is 31.9. The van der Waals surface area contributed by atoms with E-state index in [9.17, 15) is 0 Å². The first kappa shape index (κ1) is 27.7. The Morgan fingerprint density at radius 1 is 0.417 bits per heavy atom. The molecule has 0 saturated carbocycles. The van der Waals surface area contributed by atoms with Crippen LogP contribution in [0.25, 0.3) is 60.5 Å². The maximum Gasteiger partial charge on any atom is 0.0541 e. The van der Waals surface area contributed by atoms with Crippen molar-refractivity contribution >= 4 is 49.6 Å². The van der Waals surface area contributed by atoms with E-state index in [2.05, 4.69) is 198 Å². The fraction of sp³-hybridized carbons (Fsp3) is 0. The maximum atomic E-state index is 3.35. The van der Waals surface area contributed by atoms with Gasteiger partial charge < -0.3 is 9.47 Å². The average Bonchev–Trinajstić information content (AvgIpc) is 3.50. The standard InChI is InChI=1S/C46H30N2/c1-2-15-37(16-3-1)47(39-30-26-35(27-31-39)42-21-11-13-34-12-4-5-18-41(34)42)38-28-24-33(25-29-38)36-14-10-17-40(32-36)48-45-22-8-6-19-43(45)44-20-7-9-23-46(44)48/h1-10,12-20,22-32H. The third-order valence-electron chi connectivity index (χ3n) is 9.23. The third kappa shape index (κ3) is 4.78. The molecule has 1 heterocycles. The van der Waals surface area contributed by atoms with Crippen LogP contribution >= 0.6 is 0 Å². The lowest BCUT2D eigenvalue weighted by atomic mass is 9.99. The number of benzene rings is 7. The smallest absolute Gasteiger partial charge is 0.0541 e. The Morgan fingerprint density at radius 3 is 1.67 bits per heavy atom. The van der Waals surface area contributed by atoms with Crippen molar-refractivity contribution in [2.75, 3.05) is 4.90 Å². The van der Waals surface area contributed by atoms with Crippen LogP contribution in [0.15, 0.2) is 182 Å². The highest BCUT2D eigenvalue weighted by Crippen LogP contribution is 2.38. The van der Waals surface area contributed by atoms with Gasteiger partial charge in [-0.1, -0.05) is 127 Å². The quantitative estimate of drug-likeness (QED) is 0.182. The summed E-state index contributed by atoms with van der Waals surface area (Å²) in [6.07, 6.45) is 0. The molecule has 0 aliphatic heterocycles. The molecule has 0 radical (unpaired) electrons. The molecule has 1 aromatic heterocycles. The molecule has 9 aromatic rings. The Morgan fingerprint density at radius 2 is 0.979 bits per heavy atom. The van der Waals surface area contributed by atoms with E-state index >= 15 is 0 Å². The fourth-order valence-electron chi connectivity index (χ4n) is 6.96. The van der Waals surface area contributed by atoms with E-state index in [1.165, 1.54) is 43.7 Å². The molecule has 0 aliphatic rings. The second kappa shape index (κ2) is 11.7. The number of nitrogens with zero attached hydrogens (tertiary/aromatic N) is 2. The molecular weight excluding hydrogens is 581 g/mol. The fourth-order valence-corrected chi connectivity index (χ4v) is 6.96. The van der Waals surface area contributed by atoms with Crippen molar-refractivity contribution in [1.29, 1.82) is 0 Å². The largest absolute Gasteiger partial charge is 0.311 e. The lowest BCUT2D eigenvalue weighted by Crippen LogP contribution is -2.09. The summed E-state index contributed by atoms with van der Waals surface area (Å²) in [5.41, 5.74) is 11.4. The second-order valence-electron chi connectivity index (χ2n) is 12.1. The summed E-state index contributed by atoms with van der Waals surface area (Å²) in [4.78, 5) is 2.31. The van der Waals surface area contributed by atoms with Gasteiger partial charge in [0.1, 0.15) is 0 Å². The summed E-state index contributed by atoms with van der Waals surface area (Å²) >= 11 is 0. The van der Waals surface area contributed by atoms with Crippen LogP contribution in [-0.4, -0.2) is 4.57 Å². The Bertz CT molecular complexity index is 2480. The predicted molar refractivity (Wildman–Crippen MR) is 202 cm³/mol. The van der Waals surface area contributed by atoms with Crippen LogP contribution in [0.2, 0.25) is 0 Å². The number of hydrogen-bond acceptors (Lipinski definition) is 1. The van der Waals surface area contributed by atoms with Crippen molar-refractivity contribution in [3.05, 3.63) is 194 Å². The SMILES string of the molecule is c1cc2ccccc2c(-c2ccc(N(c3ccccc3)c3ccc(-c4cccc(-n5c6ccccc6c6ccccc65)c4)cc3)cc2)c#1. The van der Waals surface area contributed by atoms with Gasteiger partial charge in [-0.05, 0) is 94.2 Å². The van der Waals surface area contributed by atoms with Crippen molar-refractivity contribution in [1.82, 2.24) is 4.57 Å². The molecule has 0 N–H and O–H groups in total. The molecule has 0 saturated heterocycles. The molecule has 0 aliphatic carbocycles. The van der Waals surface area contributed by atoms with E-state index in [0.717, 1.165) is 33.9 Å². The number of para-hydroxylation sites is 3. The molecular formula is C46H30N2. The van der Waals surface area contributed by atoms with E-state index in [-0.39, 0.29) is 0 Å². The van der Waals surface area contributed by atoms with Gasteiger partial charge in [0.05, 0.1) is 11.0 Å². The number of rotatable bonds is 6. The van der Waals surface area contributed by atoms with E-state index in [4.69, 9.17) is 0 Å². The molecule has 0 amide bonds. The van der Waals surface area contributed by atoms with E-state index in [0.29, 0.717) is 0 Å². The van der Waals surface area contributed by atoms with Crippen molar-refractivity contribution in [3.63, 3.8) is 0 Å². The molecule has 2 nitrogen and oxygen atoms in total. The molecule has 0 unspecified atom stereocenters. The van der Waals surface area contributed by atoms with Gasteiger partial charge in [0.15, 0.2) is 0 Å². The molecule has 48 heavy (non-hydrogen) atoms.